The molecule has 0 atom stereocenters. The molecule has 0 saturated carbocycles. The summed E-state index contributed by atoms with van der Waals surface area (Å²) in [6.07, 6.45) is -4.92. The van der Waals surface area contributed by atoms with E-state index < -0.39 is 35.4 Å². The van der Waals surface area contributed by atoms with E-state index in [9.17, 15) is 26.3 Å². The minimum absolute atomic E-state index is 0.178. The summed E-state index contributed by atoms with van der Waals surface area (Å²) in [4.78, 5) is 3.03. The highest BCUT2D eigenvalue weighted by atomic mass is 19.4. The average molecular weight is 293 g/mol. The van der Waals surface area contributed by atoms with E-state index in [-0.39, 0.29) is 11.6 Å². The monoisotopic (exact) mass is 293 g/mol. The van der Waals surface area contributed by atoms with Crippen LogP contribution in [0.2, 0.25) is 0 Å². The van der Waals surface area contributed by atoms with E-state index >= 15 is 0 Å². The van der Waals surface area contributed by atoms with Gasteiger partial charge in [0.05, 0.1) is 0 Å². The summed E-state index contributed by atoms with van der Waals surface area (Å²) in [7, 11) is 0. The van der Waals surface area contributed by atoms with E-state index in [0.717, 1.165) is 18.2 Å². The number of hydrogen-bond acceptors (Lipinski definition) is 2. The standard InChI is InChI=1S/C12H5F6NO/c13-8-5-9(14)11(15)19-10(8)6-2-1-3-7(4-6)20-12(16,17)18/h1-5H. The third-order valence-electron chi connectivity index (χ3n) is 2.23. The number of hydrogen-bond donors (Lipinski definition) is 0. The molecule has 1 heterocycles. The van der Waals surface area contributed by atoms with Crippen LogP contribution in [-0.2, 0) is 0 Å². The summed E-state index contributed by atoms with van der Waals surface area (Å²) in [5, 5.41) is 0. The van der Waals surface area contributed by atoms with Crippen molar-refractivity contribution in [2.24, 2.45) is 0 Å². The fraction of sp³-hybridized carbons (Fsp3) is 0.0833. The van der Waals surface area contributed by atoms with Crippen LogP contribution in [0.25, 0.3) is 11.3 Å². The second-order valence-electron chi connectivity index (χ2n) is 3.67. The first-order chi connectivity index (χ1) is 9.26. The molecular weight excluding hydrogens is 288 g/mol. The zero-order valence-electron chi connectivity index (χ0n) is 9.51. The lowest BCUT2D eigenvalue weighted by Gasteiger charge is -2.10. The fourth-order valence-electron chi connectivity index (χ4n) is 1.49. The molecule has 0 bridgehead atoms. The quantitative estimate of drug-likeness (QED) is 0.615. The highest BCUT2D eigenvalue weighted by molar-refractivity contribution is 5.61. The Morgan fingerprint density at radius 3 is 2.30 bits per heavy atom. The van der Waals surface area contributed by atoms with Crippen molar-refractivity contribution in [3.63, 3.8) is 0 Å². The number of nitrogens with zero attached hydrogens (tertiary/aromatic N) is 1. The lowest BCUT2D eigenvalue weighted by Crippen LogP contribution is -2.17. The van der Waals surface area contributed by atoms with E-state index in [1.807, 2.05) is 0 Å². The number of ether oxygens (including phenoxy) is 1. The molecule has 0 aliphatic heterocycles. The van der Waals surface area contributed by atoms with Gasteiger partial charge in [-0.3, -0.25) is 0 Å². The molecule has 0 radical (unpaired) electrons. The summed E-state index contributed by atoms with van der Waals surface area (Å²) in [6, 6.07) is 4.38. The molecule has 1 aromatic heterocycles. The Kier molecular flexibility index (Phi) is 3.56. The van der Waals surface area contributed by atoms with E-state index in [1.54, 1.807) is 0 Å². The maximum atomic E-state index is 13.5. The van der Waals surface area contributed by atoms with Crippen molar-refractivity contribution in [2.45, 2.75) is 6.36 Å². The molecular formula is C12H5F6NO. The Morgan fingerprint density at radius 1 is 0.950 bits per heavy atom. The molecule has 0 amide bonds. The van der Waals surface area contributed by atoms with Crippen LogP contribution in [0.1, 0.15) is 0 Å². The van der Waals surface area contributed by atoms with Crippen LogP contribution < -0.4 is 4.74 Å². The Labute approximate surface area is 108 Å². The second kappa shape index (κ2) is 5.03. The van der Waals surface area contributed by atoms with Gasteiger partial charge < -0.3 is 4.74 Å². The second-order valence-corrected chi connectivity index (χ2v) is 3.67. The molecule has 2 rings (SSSR count). The van der Waals surface area contributed by atoms with Gasteiger partial charge >= 0.3 is 6.36 Å². The largest absolute Gasteiger partial charge is 0.573 e. The number of benzene rings is 1. The van der Waals surface area contributed by atoms with Crippen molar-refractivity contribution >= 4 is 0 Å². The summed E-state index contributed by atoms with van der Waals surface area (Å²) in [5.74, 6) is -4.87. The van der Waals surface area contributed by atoms with E-state index in [4.69, 9.17) is 0 Å². The first kappa shape index (κ1) is 14.2. The molecule has 0 saturated heterocycles. The van der Waals surface area contributed by atoms with Gasteiger partial charge in [-0.2, -0.15) is 4.39 Å². The van der Waals surface area contributed by atoms with Crippen molar-refractivity contribution in [3.05, 3.63) is 47.9 Å². The van der Waals surface area contributed by atoms with E-state index in [2.05, 4.69) is 9.72 Å². The van der Waals surface area contributed by atoms with Gasteiger partial charge in [-0.05, 0) is 12.1 Å². The van der Waals surface area contributed by atoms with Crippen molar-refractivity contribution in [2.75, 3.05) is 0 Å². The molecule has 8 heteroatoms. The maximum Gasteiger partial charge on any atom is 0.573 e. The van der Waals surface area contributed by atoms with Crippen LogP contribution >= 0.6 is 0 Å². The third kappa shape index (κ3) is 3.19. The molecule has 20 heavy (non-hydrogen) atoms. The van der Waals surface area contributed by atoms with Gasteiger partial charge in [-0.25, -0.2) is 13.8 Å². The van der Waals surface area contributed by atoms with Gasteiger partial charge in [-0.15, -0.1) is 13.2 Å². The topological polar surface area (TPSA) is 22.1 Å². The average Bonchev–Trinajstić information content (AvgIpc) is 2.32. The predicted molar refractivity (Wildman–Crippen MR) is 56.2 cm³/mol. The first-order valence-corrected chi connectivity index (χ1v) is 5.14. The molecule has 1 aromatic carbocycles. The number of pyridine rings is 1. The smallest absolute Gasteiger partial charge is 0.406 e. The van der Waals surface area contributed by atoms with Gasteiger partial charge in [0, 0.05) is 11.6 Å². The summed E-state index contributed by atoms with van der Waals surface area (Å²) < 4.78 is 78.9. The first-order valence-electron chi connectivity index (χ1n) is 5.14. The molecule has 0 fully saturated rings. The van der Waals surface area contributed by atoms with Crippen LogP contribution in [0.4, 0.5) is 26.3 Å². The fourth-order valence-corrected chi connectivity index (χ4v) is 1.49. The Hall–Kier alpha value is -2.25. The minimum Gasteiger partial charge on any atom is -0.406 e. The van der Waals surface area contributed by atoms with Crippen molar-refractivity contribution in [1.29, 1.82) is 0 Å². The molecule has 0 aliphatic carbocycles. The van der Waals surface area contributed by atoms with Gasteiger partial charge in [0.25, 0.3) is 0 Å². The number of halogens is 6. The minimum atomic E-state index is -4.92. The number of rotatable bonds is 2. The highest BCUT2D eigenvalue weighted by Crippen LogP contribution is 2.28. The van der Waals surface area contributed by atoms with Gasteiger partial charge in [0.2, 0.25) is 5.95 Å². The van der Waals surface area contributed by atoms with Crippen LogP contribution in [0, 0.1) is 17.6 Å². The maximum absolute atomic E-state index is 13.5. The zero-order valence-corrected chi connectivity index (χ0v) is 9.51. The van der Waals surface area contributed by atoms with Crippen LogP contribution in [0.15, 0.2) is 30.3 Å². The van der Waals surface area contributed by atoms with Gasteiger partial charge in [-0.1, -0.05) is 12.1 Å². The zero-order chi connectivity index (χ0) is 14.9. The van der Waals surface area contributed by atoms with E-state index in [1.165, 1.54) is 6.07 Å². The SMILES string of the molecule is Fc1cc(F)c(-c2cccc(OC(F)(F)F)c2)nc1F. The Morgan fingerprint density at radius 2 is 1.65 bits per heavy atom. The van der Waals surface area contributed by atoms with Crippen LogP contribution in [-0.4, -0.2) is 11.3 Å². The number of alkyl halides is 3. The highest BCUT2D eigenvalue weighted by Gasteiger charge is 2.31. The van der Waals surface area contributed by atoms with Crippen molar-refractivity contribution < 1.29 is 31.1 Å². The normalized spacial score (nSPS) is 11.5. The van der Waals surface area contributed by atoms with Gasteiger partial charge in [0.15, 0.2) is 11.6 Å². The van der Waals surface area contributed by atoms with Crippen LogP contribution in [0.3, 0.4) is 0 Å². The van der Waals surface area contributed by atoms with Crippen molar-refractivity contribution in [3.8, 4) is 17.0 Å². The molecule has 2 aromatic rings. The molecule has 0 N–H and O–H groups in total. The molecule has 2 nitrogen and oxygen atoms in total. The van der Waals surface area contributed by atoms with Gasteiger partial charge in [0.1, 0.15) is 11.4 Å². The number of aromatic nitrogens is 1. The third-order valence-corrected chi connectivity index (χ3v) is 2.23. The summed E-state index contributed by atoms with van der Waals surface area (Å²) in [5.41, 5.74) is -0.792. The molecule has 0 unspecified atom stereocenters. The lowest BCUT2D eigenvalue weighted by atomic mass is 10.1. The molecule has 0 aliphatic rings. The van der Waals surface area contributed by atoms with Crippen LogP contribution in [0.5, 0.6) is 5.75 Å². The lowest BCUT2D eigenvalue weighted by molar-refractivity contribution is -0.274. The Balaban J connectivity index is 2.44. The Bertz CT molecular complexity index is 640. The summed E-state index contributed by atoms with van der Waals surface area (Å²) >= 11 is 0. The van der Waals surface area contributed by atoms with E-state index in [0.29, 0.717) is 0 Å². The van der Waals surface area contributed by atoms with Crippen molar-refractivity contribution in [1.82, 2.24) is 4.98 Å². The molecule has 106 valence electrons. The molecule has 0 spiro atoms. The summed E-state index contributed by atoms with van der Waals surface area (Å²) in [6.45, 7) is 0. The predicted octanol–water partition coefficient (Wildman–Crippen LogP) is 4.06.